The van der Waals surface area contributed by atoms with Crippen LogP contribution in [0.5, 0.6) is 11.5 Å². The van der Waals surface area contributed by atoms with E-state index < -0.39 is 35.6 Å². The normalized spacial score (nSPS) is 25.1. The van der Waals surface area contributed by atoms with E-state index in [1.54, 1.807) is 13.0 Å². The lowest BCUT2D eigenvalue weighted by Gasteiger charge is -2.37. The van der Waals surface area contributed by atoms with Crippen LogP contribution < -0.4 is 9.47 Å². The van der Waals surface area contributed by atoms with Crippen molar-refractivity contribution >= 4 is 0 Å². The molecule has 2 aromatic carbocycles. The van der Waals surface area contributed by atoms with Crippen LogP contribution in [-0.2, 0) is 6.61 Å². The van der Waals surface area contributed by atoms with E-state index >= 15 is 0 Å². The van der Waals surface area contributed by atoms with E-state index in [1.807, 2.05) is 0 Å². The van der Waals surface area contributed by atoms with Crippen molar-refractivity contribution in [1.29, 1.82) is 0 Å². The quantitative estimate of drug-likeness (QED) is 0.285. The molecular weight excluding hydrogens is 456 g/mol. The maximum absolute atomic E-state index is 15.0. The van der Waals surface area contributed by atoms with Gasteiger partial charge in [-0.2, -0.15) is 8.78 Å². The molecule has 2 aliphatic carbocycles. The topological polar surface area (TPSA) is 18.5 Å². The lowest BCUT2D eigenvalue weighted by atomic mass is 9.68. The van der Waals surface area contributed by atoms with Gasteiger partial charge in [-0.15, -0.1) is 0 Å². The Morgan fingerprint density at radius 3 is 2.00 bits per heavy atom. The molecule has 2 fully saturated rings. The van der Waals surface area contributed by atoms with Crippen LogP contribution in [-0.4, -0.2) is 0 Å². The van der Waals surface area contributed by atoms with E-state index in [4.69, 9.17) is 9.47 Å². The highest BCUT2D eigenvalue weighted by Gasteiger charge is 2.32. The highest BCUT2D eigenvalue weighted by Crippen LogP contribution is 2.44. The number of hydrogen-bond donors (Lipinski definition) is 0. The average Bonchev–Trinajstić information content (AvgIpc) is 2.87. The molecule has 0 unspecified atom stereocenters. The first kappa shape index (κ1) is 25.6. The smallest absolute Gasteiger partial charge is 0.205 e. The van der Waals surface area contributed by atoms with Crippen molar-refractivity contribution in [3.63, 3.8) is 0 Å². The minimum Gasteiger partial charge on any atom is -0.486 e. The van der Waals surface area contributed by atoms with Crippen LogP contribution in [0.25, 0.3) is 0 Å². The van der Waals surface area contributed by atoms with Gasteiger partial charge in [0, 0.05) is 5.56 Å². The van der Waals surface area contributed by atoms with E-state index in [1.165, 1.54) is 56.2 Å². The highest BCUT2D eigenvalue weighted by atomic mass is 19.2. The molecule has 0 amide bonds. The Labute approximate surface area is 205 Å². The largest absolute Gasteiger partial charge is 0.486 e. The van der Waals surface area contributed by atoms with Crippen LogP contribution in [0.2, 0.25) is 0 Å². The summed E-state index contributed by atoms with van der Waals surface area (Å²) in [5.41, 5.74) is 0.370. The number of rotatable bonds is 7. The number of benzene rings is 2. The fourth-order valence-electron chi connectivity index (χ4n) is 5.70. The molecule has 2 aromatic rings. The first-order valence-corrected chi connectivity index (χ1v) is 12.7. The number of hydrogen-bond acceptors (Lipinski definition) is 2. The summed E-state index contributed by atoms with van der Waals surface area (Å²) >= 11 is 0. The van der Waals surface area contributed by atoms with Gasteiger partial charge in [-0.25, -0.2) is 8.78 Å². The third kappa shape index (κ3) is 5.84. The van der Waals surface area contributed by atoms with E-state index in [-0.39, 0.29) is 17.2 Å². The zero-order valence-electron chi connectivity index (χ0n) is 20.5. The van der Waals surface area contributed by atoms with Crippen molar-refractivity contribution in [2.75, 3.05) is 0 Å². The molecule has 0 saturated heterocycles. The van der Waals surface area contributed by atoms with Gasteiger partial charge in [-0.3, -0.25) is 0 Å². The van der Waals surface area contributed by atoms with Crippen LogP contribution in [0.1, 0.15) is 82.3 Å². The molecule has 2 aliphatic rings. The molecule has 0 aliphatic heterocycles. The Bertz CT molecular complexity index is 1040. The molecule has 35 heavy (non-hydrogen) atoms. The van der Waals surface area contributed by atoms with Crippen LogP contribution >= 0.6 is 0 Å². The predicted octanol–water partition coefficient (Wildman–Crippen LogP) is 8.83. The monoisotopic (exact) mass is 490 g/mol. The molecule has 0 heterocycles. The van der Waals surface area contributed by atoms with Gasteiger partial charge in [0.25, 0.3) is 0 Å². The molecule has 2 saturated carbocycles. The summed E-state index contributed by atoms with van der Waals surface area (Å²) in [4.78, 5) is 0. The fraction of sp³-hybridized carbons (Fsp3) is 0.517. The predicted molar refractivity (Wildman–Crippen MR) is 128 cm³/mol. The molecule has 0 radical (unpaired) electrons. The fourth-order valence-corrected chi connectivity index (χ4v) is 5.70. The Hall–Kier alpha value is -2.50. The lowest BCUT2D eigenvalue weighted by molar-refractivity contribution is 0.164. The molecule has 0 spiro atoms. The highest BCUT2D eigenvalue weighted by molar-refractivity contribution is 5.36. The maximum Gasteiger partial charge on any atom is 0.205 e. The molecule has 0 atom stereocenters. The van der Waals surface area contributed by atoms with E-state index in [0.29, 0.717) is 11.5 Å². The first-order chi connectivity index (χ1) is 16.9. The third-order valence-electron chi connectivity index (χ3n) is 7.86. The van der Waals surface area contributed by atoms with Gasteiger partial charge in [-0.1, -0.05) is 38.0 Å². The second kappa shape index (κ2) is 11.5. The Morgan fingerprint density at radius 2 is 1.34 bits per heavy atom. The summed E-state index contributed by atoms with van der Waals surface area (Å²) in [5.74, 6) is -2.66. The minimum atomic E-state index is -1.24. The summed E-state index contributed by atoms with van der Waals surface area (Å²) in [6.07, 6.45) is 11.8. The summed E-state index contributed by atoms with van der Waals surface area (Å²) in [7, 11) is 0. The van der Waals surface area contributed by atoms with Crippen molar-refractivity contribution in [3.05, 3.63) is 71.0 Å². The Kier molecular flexibility index (Phi) is 8.40. The standard InChI is InChI=1S/C29H34F4O2/c1-3-16-34-24-14-15-25(29(33)28(24)32)35-17-22-12-13-23(27(31)26(22)30)21-10-8-20(9-11-21)19-6-4-18(2)5-7-19/h3,12-16,18-21H,4-11,17H2,1-2H3/b16-3+. The minimum absolute atomic E-state index is 0.00878. The van der Waals surface area contributed by atoms with Crippen molar-refractivity contribution in [3.8, 4) is 11.5 Å². The molecule has 4 rings (SSSR count). The van der Waals surface area contributed by atoms with Crippen LogP contribution in [0, 0.1) is 41.0 Å². The van der Waals surface area contributed by atoms with E-state index in [0.717, 1.165) is 37.5 Å². The van der Waals surface area contributed by atoms with Gasteiger partial charge in [0.15, 0.2) is 23.1 Å². The summed E-state index contributed by atoms with van der Waals surface area (Å²) in [6, 6.07) is 5.53. The number of halogens is 4. The molecule has 6 heteroatoms. The summed E-state index contributed by atoms with van der Waals surface area (Å²) in [5, 5.41) is 0. The SMILES string of the molecule is C/C=C/Oc1ccc(OCc2ccc(C3CCC(C4CCC(C)CC4)CC3)c(F)c2F)c(F)c1F. The van der Waals surface area contributed by atoms with Gasteiger partial charge in [0.05, 0.1) is 6.26 Å². The number of ether oxygens (including phenoxy) is 2. The van der Waals surface area contributed by atoms with Crippen molar-refractivity contribution in [1.82, 2.24) is 0 Å². The second-order valence-electron chi connectivity index (χ2n) is 10.1. The van der Waals surface area contributed by atoms with Crippen LogP contribution in [0.3, 0.4) is 0 Å². The van der Waals surface area contributed by atoms with Crippen LogP contribution in [0.4, 0.5) is 17.6 Å². The van der Waals surface area contributed by atoms with E-state index in [2.05, 4.69) is 6.92 Å². The molecule has 2 nitrogen and oxygen atoms in total. The Balaban J connectivity index is 1.37. The van der Waals surface area contributed by atoms with Crippen molar-refractivity contribution in [2.24, 2.45) is 17.8 Å². The van der Waals surface area contributed by atoms with Crippen molar-refractivity contribution in [2.45, 2.75) is 77.7 Å². The van der Waals surface area contributed by atoms with Crippen molar-refractivity contribution < 1.29 is 27.0 Å². The van der Waals surface area contributed by atoms with Crippen LogP contribution in [0.15, 0.2) is 36.6 Å². The number of allylic oxidation sites excluding steroid dienone is 1. The van der Waals surface area contributed by atoms with Gasteiger partial charge >= 0.3 is 0 Å². The van der Waals surface area contributed by atoms with Gasteiger partial charge < -0.3 is 9.47 Å². The zero-order chi connectivity index (χ0) is 24.9. The van der Waals surface area contributed by atoms with Gasteiger partial charge in [0.2, 0.25) is 11.6 Å². The first-order valence-electron chi connectivity index (χ1n) is 12.7. The molecular formula is C29H34F4O2. The third-order valence-corrected chi connectivity index (χ3v) is 7.86. The zero-order valence-corrected chi connectivity index (χ0v) is 20.5. The maximum atomic E-state index is 15.0. The summed E-state index contributed by atoms with van der Waals surface area (Å²) < 4.78 is 68.5. The average molecular weight is 491 g/mol. The lowest BCUT2D eigenvalue weighted by Crippen LogP contribution is -2.25. The molecule has 0 aromatic heterocycles. The second-order valence-corrected chi connectivity index (χ2v) is 10.1. The molecule has 0 bridgehead atoms. The molecule has 190 valence electrons. The summed E-state index contributed by atoms with van der Waals surface area (Å²) in [6.45, 7) is 3.58. The Morgan fingerprint density at radius 1 is 0.743 bits per heavy atom. The van der Waals surface area contributed by atoms with Gasteiger partial charge in [0.1, 0.15) is 6.61 Å². The molecule has 0 N–H and O–H groups in total. The van der Waals surface area contributed by atoms with Gasteiger partial charge in [-0.05, 0) is 86.8 Å². The van der Waals surface area contributed by atoms with E-state index in [9.17, 15) is 17.6 Å².